The highest BCUT2D eigenvalue weighted by atomic mass is 19.1. The van der Waals surface area contributed by atoms with Crippen LogP contribution in [0.4, 0.5) is 10.1 Å². The van der Waals surface area contributed by atoms with Gasteiger partial charge in [0.15, 0.2) is 0 Å². The third-order valence-corrected chi connectivity index (χ3v) is 3.35. The summed E-state index contributed by atoms with van der Waals surface area (Å²) in [6, 6.07) is 8.47. The Bertz CT molecular complexity index is 658. The van der Waals surface area contributed by atoms with Gasteiger partial charge in [-0.2, -0.15) is 0 Å². The second-order valence-electron chi connectivity index (χ2n) is 5.83. The number of benzene rings is 1. The van der Waals surface area contributed by atoms with Crippen LogP contribution in [0.15, 0.2) is 42.7 Å². The van der Waals surface area contributed by atoms with E-state index in [0.717, 1.165) is 5.69 Å². The monoisotopic (exact) mass is 315 g/mol. The molecule has 2 aromatic rings. The van der Waals surface area contributed by atoms with Gasteiger partial charge in [-0.05, 0) is 30.0 Å². The van der Waals surface area contributed by atoms with Crippen LogP contribution in [0, 0.1) is 11.7 Å². The molecule has 0 bridgehead atoms. The highest BCUT2D eigenvalue weighted by Crippen LogP contribution is 2.11. The maximum atomic E-state index is 13.5. The minimum absolute atomic E-state index is 0.135. The Hall–Kier alpha value is -2.43. The molecule has 5 heteroatoms. The van der Waals surface area contributed by atoms with Gasteiger partial charge in [0, 0.05) is 25.5 Å². The Balaban J connectivity index is 1.90. The van der Waals surface area contributed by atoms with E-state index in [0.29, 0.717) is 36.6 Å². The normalized spacial score (nSPS) is 10.6. The van der Waals surface area contributed by atoms with Gasteiger partial charge in [-0.15, -0.1) is 0 Å². The number of amides is 1. The van der Waals surface area contributed by atoms with Crippen molar-refractivity contribution in [2.45, 2.75) is 20.3 Å². The first-order valence-electron chi connectivity index (χ1n) is 7.77. The summed E-state index contributed by atoms with van der Waals surface area (Å²) in [6.45, 7) is 5.28. The van der Waals surface area contributed by atoms with Crippen LogP contribution in [0.1, 0.15) is 29.8 Å². The zero-order valence-corrected chi connectivity index (χ0v) is 13.5. The summed E-state index contributed by atoms with van der Waals surface area (Å²) < 4.78 is 13.5. The molecule has 1 heterocycles. The van der Waals surface area contributed by atoms with Crippen molar-refractivity contribution in [3.8, 4) is 0 Å². The molecule has 0 aliphatic rings. The van der Waals surface area contributed by atoms with Crippen molar-refractivity contribution in [1.82, 2.24) is 10.3 Å². The second kappa shape index (κ2) is 8.27. The fraction of sp³-hybridized carbons (Fsp3) is 0.333. The number of aromatic nitrogens is 1. The van der Waals surface area contributed by atoms with Crippen LogP contribution in [0.25, 0.3) is 0 Å². The second-order valence-corrected chi connectivity index (χ2v) is 5.83. The maximum absolute atomic E-state index is 13.5. The van der Waals surface area contributed by atoms with E-state index in [1.807, 2.05) is 19.9 Å². The SMILES string of the molecule is CC(C)CNC(=O)c1cncc(NCCc2ccccc2F)c1. The zero-order valence-electron chi connectivity index (χ0n) is 13.5. The number of halogens is 1. The van der Waals surface area contributed by atoms with Gasteiger partial charge in [0.05, 0.1) is 11.3 Å². The third kappa shape index (κ3) is 5.36. The topological polar surface area (TPSA) is 54.0 Å². The molecule has 23 heavy (non-hydrogen) atoms. The Morgan fingerprint density at radius 2 is 2.04 bits per heavy atom. The van der Waals surface area contributed by atoms with Crippen molar-refractivity contribution in [3.05, 3.63) is 59.7 Å². The number of rotatable bonds is 7. The molecule has 1 amide bonds. The average Bonchev–Trinajstić information content (AvgIpc) is 2.54. The van der Waals surface area contributed by atoms with Gasteiger partial charge >= 0.3 is 0 Å². The maximum Gasteiger partial charge on any atom is 0.252 e. The lowest BCUT2D eigenvalue weighted by Crippen LogP contribution is -2.27. The summed E-state index contributed by atoms with van der Waals surface area (Å²) >= 11 is 0. The number of carbonyl (C=O) groups excluding carboxylic acids is 1. The van der Waals surface area contributed by atoms with E-state index in [1.165, 1.54) is 12.3 Å². The molecule has 2 N–H and O–H groups in total. The van der Waals surface area contributed by atoms with Gasteiger partial charge in [-0.3, -0.25) is 9.78 Å². The van der Waals surface area contributed by atoms with Crippen LogP contribution in [-0.2, 0) is 6.42 Å². The lowest BCUT2D eigenvalue weighted by atomic mass is 10.1. The van der Waals surface area contributed by atoms with E-state index in [4.69, 9.17) is 0 Å². The van der Waals surface area contributed by atoms with Crippen LogP contribution in [-0.4, -0.2) is 24.0 Å². The number of hydrogen-bond acceptors (Lipinski definition) is 3. The lowest BCUT2D eigenvalue weighted by molar-refractivity contribution is 0.0948. The van der Waals surface area contributed by atoms with E-state index in [1.54, 1.807) is 24.4 Å². The van der Waals surface area contributed by atoms with Crippen LogP contribution >= 0.6 is 0 Å². The number of hydrogen-bond donors (Lipinski definition) is 2. The summed E-state index contributed by atoms with van der Waals surface area (Å²) in [6.07, 6.45) is 3.76. The summed E-state index contributed by atoms with van der Waals surface area (Å²) in [5.74, 6) is 0.0622. The van der Waals surface area contributed by atoms with Gasteiger partial charge < -0.3 is 10.6 Å². The van der Waals surface area contributed by atoms with Gasteiger partial charge in [-0.1, -0.05) is 32.0 Å². The molecule has 0 unspecified atom stereocenters. The Morgan fingerprint density at radius 1 is 1.26 bits per heavy atom. The number of nitrogens with one attached hydrogen (secondary N) is 2. The molecule has 0 fully saturated rings. The van der Waals surface area contributed by atoms with Crippen LogP contribution in [0.2, 0.25) is 0 Å². The van der Waals surface area contributed by atoms with Gasteiger partial charge in [-0.25, -0.2) is 4.39 Å². The molecule has 0 aliphatic carbocycles. The van der Waals surface area contributed by atoms with Crippen molar-refractivity contribution in [3.63, 3.8) is 0 Å². The highest BCUT2D eigenvalue weighted by Gasteiger charge is 2.07. The molecule has 0 atom stereocenters. The van der Waals surface area contributed by atoms with Crippen LogP contribution in [0.3, 0.4) is 0 Å². The number of anilines is 1. The van der Waals surface area contributed by atoms with E-state index in [9.17, 15) is 9.18 Å². The van der Waals surface area contributed by atoms with Crippen molar-refractivity contribution >= 4 is 11.6 Å². The predicted octanol–water partition coefficient (Wildman–Crippen LogP) is 3.26. The number of carbonyl (C=O) groups is 1. The fourth-order valence-electron chi connectivity index (χ4n) is 2.10. The molecule has 0 radical (unpaired) electrons. The molecule has 122 valence electrons. The zero-order chi connectivity index (χ0) is 16.7. The van der Waals surface area contributed by atoms with Crippen molar-refractivity contribution in [2.24, 2.45) is 5.92 Å². The van der Waals surface area contributed by atoms with Crippen molar-refractivity contribution in [1.29, 1.82) is 0 Å². The molecular weight excluding hydrogens is 293 g/mol. The molecular formula is C18H22FN3O. The van der Waals surface area contributed by atoms with Gasteiger partial charge in [0.1, 0.15) is 5.82 Å². The first-order chi connectivity index (χ1) is 11.1. The van der Waals surface area contributed by atoms with E-state index >= 15 is 0 Å². The lowest BCUT2D eigenvalue weighted by Gasteiger charge is -2.10. The number of pyridine rings is 1. The van der Waals surface area contributed by atoms with Crippen molar-refractivity contribution < 1.29 is 9.18 Å². The molecule has 1 aromatic carbocycles. The fourth-order valence-corrected chi connectivity index (χ4v) is 2.10. The van der Waals surface area contributed by atoms with E-state index in [2.05, 4.69) is 15.6 Å². The summed E-state index contributed by atoms with van der Waals surface area (Å²) in [5, 5.41) is 6.03. The minimum atomic E-state index is -0.200. The van der Waals surface area contributed by atoms with Gasteiger partial charge in [0.25, 0.3) is 5.91 Å². The molecule has 0 aliphatic heterocycles. The molecule has 4 nitrogen and oxygen atoms in total. The van der Waals surface area contributed by atoms with E-state index in [-0.39, 0.29) is 11.7 Å². The first kappa shape index (κ1) is 16.9. The Kier molecular flexibility index (Phi) is 6.09. The molecule has 1 aromatic heterocycles. The smallest absolute Gasteiger partial charge is 0.252 e. The van der Waals surface area contributed by atoms with Crippen molar-refractivity contribution in [2.75, 3.05) is 18.4 Å². The molecule has 0 saturated heterocycles. The standard InChI is InChI=1S/C18H22FN3O/c1-13(2)10-22-18(23)15-9-16(12-20-11-15)21-8-7-14-5-3-4-6-17(14)19/h3-6,9,11-13,21H,7-8,10H2,1-2H3,(H,22,23). The molecule has 0 saturated carbocycles. The highest BCUT2D eigenvalue weighted by molar-refractivity contribution is 5.94. The Morgan fingerprint density at radius 3 is 2.78 bits per heavy atom. The molecule has 2 rings (SSSR count). The summed E-state index contributed by atoms with van der Waals surface area (Å²) in [5.41, 5.74) is 1.93. The average molecular weight is 315 g/mol. The number of nitrogens with zero attached hydrogens (tertiary/aromatic N) is 1. The first-order valence-corrected chi connectivity index (χ1v) is 7.77. The third-order valence-electron chi connectivity index (χ3n) is 3.35. The van der Waals surface area contributed by atoms with Crippen LogP contribution in [0.5, 0.6) is 0 Å². The Labute approximate surface area is 136 Å². The summed E-state index contributed by atoms with van der Waals surface area (Å²) in [7, 11) is 0. The van der Waals surface area contributed by atoms with E-state index < -0.39 is 0 Å². The molecule has 0 spiro atoms. The largest absolute Gasteiger partial charge is 0.383 e. The van der Waals surface area contributed by atoms with Gasteiger partial charge in [0.2, 0.25) is 0 Å². The summed E-state index contributed by atoms with van der Waals surface area (Å²) in [4.78, 5) is 16.1. The van der Waals surface area contributed by atoms with Crippen LogP contribution < -0.4 is 10.6 Å². The quantitative estimate of drug-likeness (QED) is 0.824. The predicted molar refractivity (Wildman–Crippen MR) is 90.0 cm³/mol. The minimum Gasteiger partial charge on any atom is -0.383 e.